The first-order valence-electron chi connectivity index (χ1n) is 19.7. The van der Waals surface area contributed by atoms with Gasteiger partial charge in [-0.15, -0.1) is 0 Å². The Bertz CT molecular complexity index is 1850. The van der Waals surface area contributed by atoms with Crippen molar-refractivity contribution in [1.29, 1.82) is 0 Å². The van der Waals surface area contributed by atoms with Crippen LogP contribution in [-0.2, 0) is 43.5 Å². The molecule has 1 aromatic heterocycles. The Morgan fingerprint density at radius 3 is 1.89 bits per heavy atom. The zero-order valence-corrected chi connectivity index (χ0v) is 35.1. The fraction of sp³-hybridized carbons (Fsp3) is 0.558. The normalized spacial score (nSPS) is 13.8. The molecule has 1 heterocycles. The van der Waals surface area contributed by atoms with Crippen LogP contribution in [0.1, 0.15) is 116 Å². The molecule has 13 N–H and O–H groups in total. The molecule has 0 saturated carbocycles. The second-order valence-electron chi connectivity index (χ2n) is 17.9. The molecule has 0 spiro atoms. The van der Waals surface area contributed by atoms with Gasteiger partial charge in [-0.25, -0.2) is 0 Å². The van der Waals surface area contributed by atoms with Crippen molar-refractivity contribution in [2.75, 3.05) is 19.6 Å². The topological polar surface area (TPSA) is 246 Å². The van der Waals surface area contributed by atoms with Crippen LogP contribution >= 0.6 is 0 Å². The third-order valence-corrected chi connectivity index (χ3v) is 9.97. The molecule has 0 unspecified atom stereocenters. The average molecular weight is 773 g/mol. The van der Waals surface area contributed by atoms with Gasteiger partial charge in [0.2, 0.25) is 11.8 Å². The van der Waals surface area contributed by atoms with Gasteiger partial charge in [-0.1, -0.05) is 98.7 Å². The Labute approximate surface area is 333 Å². The highest BCUT2D eigenvalue weighted by atomic mass is 16.2. The third-order valence-electron chi connectivity index (χ3n) is 9.97. The number of hydrogen-bond donors (Lipinski definition) is 8. The van der Waals surface area contributed by atoms with Crippen LogP contribution in [0.5, 0.6) is 0 Å². The molecule has 308 valence electrons. The summed E-state index contributed by atoms with van der Waals surface area (Å²) in [6.45, 7) is 20.4. The zero-order chi connectivity index (χ0) is 42.0. The van der Waals surface area contributed by atoms with E-state index < -0.39 is 29.7 Å². The van der Waals surface area contributed by atoms with Crippen LogP contribution < -0.4 is 39.3 Å². The van der Waals surface area contributed by atoms with Crippen molar-refractivity contribution < 1.29 is 14.4 Å². The number of carbonyl (C=O) groups excluding carboxylic acids is 3. The van der Waals surface area contributed by atoms with E-state index in [1.807, 2.05) is 30.3 Å². The summed E-state index contributed by atoms with van der Waals surface area (Å²) < 4.78 is 0. The van der Waals surface area contributed by atoms with Gasteiger partial charge in [-0.2, -0.15) is 0 Å². The monoisotopic (exact) mass is 773 g/mol. The molecule has 0 radical (unpaired) electrons. The number of guanidine groups is 2. The lowest BCUT2D eigenvalue weighted by Gasteiger charge is -2.26. The molecule has 0 aliphatic carbocycles. The van der Waals surface area contributed by atoms with Crippen LogP contribution in [0, 0.1) is 5.92 Å². The fourth-order valence-electron chi connectivity index (χ4n) is 6.82. The number of Topliss-reactive ketones (excluding diaryl/α,β-unsaturated/α-hetero) is 1. The quantitative estimate of drug-likeness (QED) is 0.0404. The summed E-state index contributed by atoms with van der Waals surface area (Å²) in [6, 6.07) is 12.3. The Hall–Kier alpha value is -4.91. The summed E-state index contributed by atoms with van der Waals surface area (Å²) in [6.07, 6.45) is 2.06. The second kappa shape index (κ2) is 19.3. The van der Waals surface area contributed by atoms with Crippen molar-refractivity contribution in [3.63, 3.8) is 0 Å². The number of nitrogens with zero attached hydrogens (tertiary/aromatic N) is 2. The molecule has 2 amide bonds. The minimum absolute atomic E-state index is 0.0478. The highest BCUT2D eigenvalue weighted by Crippen LogP contribution is 2.41. The van der Waals surface area contributed by atoms with E-state index in [9.17, 15) is 14.4 Å². The second-order valence-corrected chi connectivity index (χ2v) is 17.9. The Kier molecular flexibility index (Phi) is 15.7. The Morgan fingerprint density at radius 1 is 0.768 bits per heavy atom. The highest BCUT2D eigenvalue weighted by molar-refractivity contribution is 6.05. The van der Waals surface area contributed by atoms with E-state index in [4.69, 9.17) is 28.7 Å². The molecule has 13 heteroatoms. The molecular weight excluding hydrogens is 705 g/mol. The van der Waals surface area contributed by atoms with Gasteiger partial charge in [0.15, 0.2) is 17.7 Å². The molecule has 3 rings (SSSR count). The number of fused-ring (bicyclic) bond motifs is 1. The molecule has 2 aromatic carbocycles. The minimum Gasteiger partial charge on any atom is -0.370 e. The maximum atomic E-state index is 14.6. The number of H-pyrrole nitrogens is 1. The van der Waals surface area contributed by atoms with Gasteiger partial charge in [0, 0.05) is 41.6 Å². The van der Waals surface area contributed by atoms with Crippen molar-refractivity contribution in [1.82, 2.24) is 15.6 Å². The number of nitrogens with one attached hydrogen (secondary N) is 3. The number of rotatable bonds is 18. The number of benzene rings is 2. The third kappa shape index (κ3) is 13.1. The molecule has 3 aromatic rings. The first-order valence-corrected chi connectivity index (χ1v) is 19.7. The van der Waals surface area contributed by atoms with Crippen molar-refractivity contribution in [3.05, 3.63) is 70.4 Å². The van der Waals surface area contributed by atoms with E-state index in [0.717, 1.165) is 38.9 Å². The maximum Gasteiger partial charge on any atom is 0.242 e. The van der Waals surface area contributed by atoms with E-state index in [1.54, 1.807) is 0 Å². The van der Waals surface area contributed by atoms with Gasteiger partial charge < -0.3 is 44.3 Å². The summed E-state index contributed by atoms with van der Waals surface area (Å²) in [7, 11) is 0. The molecular formula is C43H68N10O3. The van der Waals surface area contributed by atoms with Crippen molar-refractivity contribution >= 4 is 40.4 Å². The fourth-order valence-corrected chi connectivity index (χ4v) is 6.82. The van der Waals surface area contributed by atoms with Crippen LogP contribution in [-0.4, -0.2) is 66.2 Å². The predicted octanol–water partition coefficient (Wildman–Crippen LogP) is 4.07. The number of aliphatic imine (C=N–C) groups is 2. The zero-order valence-electron chi connectivity index (χ0n) is 35.1. The highest BCUT2D eigenvalue weighted by Gasteiger charge is 2.37. The van der Waals surface area contributed by atoms with Crippen LogP contribution in [0.25, 0.3) is 10.9 Å². The van der Waals surface area contributed by atoms with Crippen LogP contribution in [0.15, 0.2) is 52.4 Å². The molecule has 0 aliphatic heterocycles. The van der Waals surface area contributed by atoms with E-state index in [2.05, 4.69) is 100 Å². The SMILES string of the molecule is CC(C)(C)c1cc(C(C)(C)C)c2[nH]c(C(C)(C)C)c(C[C@H](C(=O)N[C@@H](CCCN=C(N)N)C(=O)NCCc3ccccc3)C(=O)[C@@H](N)CCCN=C(N)N)c2c1. The van der Waals surface area contributed by atoms with Crippen LogP contribution in [0.2, 0.25) is 0 Å². The number of nitrogens with two attached hydrogens (primary N) is 5. The summed E-state index contributed by atoms with van der Waals surface area (Å²) in [5, 5.41) is 6.90. The standard InChI is InChI=1S/C43H68N10O3/c1-41(2,3)27-23-28-29(36(43(7,8)9)53-34(28)31(24-27)42(4,5)6)25-30(35(54)32(44)17-13-20-50-39(45)46)37(55)52-33(18-14-21-51-40(47)48)38(56)49-22-19-26-15-11-10-12-16-26/h10-12,15-16,23-24,30,32-33,53H,13-14,17-22,25,44H2,1-9H3,(H,49,56)(H,52,55)(H4,45,46,50)(H4,47,48,51)/t30-,32-,33-/m0/s1. The van der Waals surface area contributed by atoms with Gasteiger partial charge in [0.05, 0.1) is 6.04 Å². The number of ketones is 1. The average Bonchev–Trinajstić information content (AvgIpc) is 3.47. The number of hydrogen-bond acceptors (Lipinski definition) is 6. The van der Waals surface area contributed by atoms with Crippen molar-refractivity contribution in [3.8, 4) is 0 Å². The molecule has 0 aliphatic rings. The molecule has 3 atom stereocenters. The van der Waals surface area contributed by atoms with E-state index >= 15 is 0 Å². The van der Waals surface area contributed by atoms with E-state index in [1.165, 1.54) is 0 Å². The molecule has 0 bridgehead atoms. The Morgan fingerprint density at radius 2 is 1.36 bits per heavy atom. The van der Waals surface area contributed by atoms with Gasteiger partial charge in [0.1, 0.15) is 12.0 Å². The predicted molar refractivity (Wildman–Crippen MR) is 229 cm³/mol. The van der Waals surface area contributed by atoms with Gasteiger partial charge >= 0.3 is 0 Å². The number of aromatic nitrogens is 1. The van der Waals surface area contributed by atoms with Gasteiger partial charge in [-0.3, -0.25) is 24.4 Å². The van der Waals surface area contributed by atoms with E-state index in [-0.39, 0.29) is 59.9 Å². The van der Waals surface area contributed by atoms with Crippen LogP contribution in [0.3, 0.4) is 0 Å². The van der Waals surface area contributed by atoms with Crippen molar-refractivity contribution in [2.24, 2.45) is 44.6 Å². The molecule has 13 nitrogen and oxygen atoms in total. The molecule has 0 fully saturated rings. The largest absolute Gasteiger partial charge is 0.370 e. The first-order chi connectivity index (χ1) is 26.0. The smallest absolute Gasteiger partial charge is 0.242 e. The van der Waals surface area contributed by atoms with E-state index in [0.29, 0.717) is 32.4 Å². The van der Waals surface area contributed by atoms with Gasteiger partial charge in [-0.05, 0) is 77.7 Å². The summed E-state index contributed by atoms with van der Waals surface area (Å²) in [4.78, 5) is 54.7. The summed E-state index contributed by atoms with van der Waals surface area (Å²) in [5.41, 5.74) is 34.1. The first kappa shape index (κ1) is 45.5. The Balaban J connectivity index is 2.12. The summed E-state index contributed by atoms with van der Waals surface area (Å²) in [5.74, 6) is -2.67. The van der Waals surface area contributed by atoms with Crippen LogP contribution in [0.4, 0.5) is 0 Å². The number of amides is 2. The minimum atomic E-state index is -1.21. The lowest BCUT2D eigenvalue weighted by atomic mass is 9.78. The summed E-state index contributed by atoms with van der Waals surface area (Å²) >= 11 is 0. The number of carbonyl (C=O) groups is 3. The van der Waals surface area contributed by atoms with Gasteiger partial charge in [0.25, 0.3) is 0 Å². The lowest BCUT2D eigenvalue weighted by molar-refractivity contribution is -0.137. The maximum absolute atomic E-state index is 14.6. The molecule has 0 saturated heterocycles. The number of aromatic amines is 1. The molecule has 56 heavy (non-hydrogen) atoms. The lowest BCUT2D eigenvalue weighted by Crippen LogP contribution is -2.52. The van der Waals surface area contributed by atoms with Crippen molar-refractivity contribution in [2.45, 2.75) is 129 Å².